The van der Waals surface area contributed by atoms with Crippen molar-refractivity contribution >= 4 is 11.8 Å². The van der Waals surface area contributed by atoms with Crippen molar-refractivity contribution in [3.05, 3.63) is 57.4 Å². The highest BCUT2D eigenvalue weighted by atomic mass is 19.1. The summed E-state index contributed by atoms with van der Waals surface area (Å²) in [6, 6.07) is 7.41. The summed E-state index contributed by atoms with van der Waals surface area (Å²) >= 11 is 0. The first-order valence-corrected chi connectivity index (χ1v) is 11.4. The van der Waals surface area contributed by atoms with Gasteiger partial charge in [-0.2, -0.15) is 0 Å². The van der Waals surface area contributed by atoms with Gasteiger partial charge < -0.3 is 29.0 Å². The molecule has 0 saturated heterocycles. The number of halogens is 1. The molecule has 0 aromatic heterocycles. The van der Waals surface area contributed by atoms with Crippen LogP contribution in [-0.2, 0) is 16.1 Å². The summed E-state index contributed by atoms with van der Waals surface area (Å²) in [5.41, 5.74) is -0.316. The molecule has 0 fully saturated rings. The van der Waals surface area contributed by atoms with Crippen LogP contribution >= 0.6 is 0 Å². The molecule has 198 valence electrons. The standard InChI is InChI=1S/C25H33FN2O8/c1-16(35-15-17-9-7-10-20(32-5)23(17)26)18-13-21(33-6)22(14-19(18)28(30)31)34-12-8-11-27-24(29)36-25(2,3)4/h7,9-10,13-14,16H,8,11-12,15H2,1-6H3,(H,27,29)/i26+0. The number of nitrogens with one attached hydrogen (secondary N) is 1. The van der Waals surface area contributed by atoms with Crippen LogP contribution in [0.25, 0.3) is 0 Å². The number of nitro groups is 1. The van der Waals surface area contributed by atoms with E-state index in [0.717, 1.165) is 0 Å². The van der Waals surface area contributed by atoms with Crippen LogP contribution in [0.1, 0.15) is 51.3 Å². The van der Waals surface area contributed by atoms with E-state index >= 15 is 0 Å². The molecule has 1 N–H and O–H groups in total. The van der Waals surface area contributed by atoms with E-state index in [2.05, 4.69) is 5.32 Å². The van der Waals surface area contributed by atoms with Crippen molar-refractivity contribution < 1.29 is 37.8 Å². The average molecular weight is 509 g/mol. The van der Waals surface area contributed by atoms with E-state index in [1.54, 1.807) is 39.8 Å². The van der Waals surface area contributed by atoms with E-state index < -0.39 is 28.5 Å². The van der Waals surface area contributed by atoms with Gasteiger partial charge in [0.2, 0.25) is 0 Å². The number of carbonyl (C=O) groups is 1. The number of methoxy groups -OCH3 is 2. The van der Waals surface area contributed by atoms with Crippen LogP contribution < -0.4 is 19.5 Å². The fourth-order valence-electron chi connectivity index (χ4n) is 3.21. The Hall–Kier alpha value is -3.60. The van der Waals surface area contributed by atoms with E-state index in [9.17, 15) is 19.3 Å². The molecule has 0 heterocycles. The number of hydrogen-bond donors (Lipinski definition) is 1. The lowest BCUT2D eigenvalue weighted by atomic mass is 10.1. The van der Waals surface area contributed by atoms with E-state index in [1.165, 1.54) is 32.4 Å². The van der Waals surface area contributed by atoms with Crippen LogP contribution in [0.5, 0.6) is 17.2 Å². The van der Waals surface area contributed by atoms with Crippen molar-refractivity contribution in [2.75, 3.05) is 27.4 Å². The van der Waals surface area contributed by atoms with Crippen LogP contribution in [0, 0.1) is 15.9 Å². The smallest absolute Gasteiger partial charge is 0.407 e. The number of nitro benzene ring substituents is 1. The molecule has 2 rings (SSSR count). The molecule has 2 aromatic rings. The molecule has 0 bridgehead atoms. The SMILES string of the molecule is COc1cc(C(C)OCc2cccc(OC)c2[19F])c([N+](=O)[O-])cc1OCCCNC(=O)OC(C)(C)C. The third-order valence-corrected chi connectivity index (χ3v) is 4.95. The number of carbonyl (C=O) groups excluding carboxylic acids is 1. The van der Waals surface area contributed by atoms with E-state index in [4.69, 9.17) is 23.7 Å². The highest BCUT2D eigenvalue weighted by Crippen LogP contribution is 2.39. The maximum atomic E-state index is 14.4. The third kappa shape index (κ3) is 8.26. The van der Waals surface area contributed by atoms with Gasteiger partial charge in [0.15, 0.2) is 23.1 Å². The number of ether oxygens (including phenoxy) is 5. The van der Waals surface area contributed by atoms with Crippen molar-refractivity contribution in [1.29, 1.82) is 0 Å². The lowest BCUT2D eigenvalue weighted by Crippen LogP contribution is -2.33. The minimum Gasteiger partial charge on any atom is -0.494 e. The molecule has 0 saturated carbocycles. The Labute approximate surface area is 209 Å². The first kappa shape index (κ1) is 28.6. The van der Waals surface area contributed by atoms with Gasteiger partial charge in [-0.3, -0.25) is 10.1 Å². The Kier molecular flexibility index (Phi) is 10.3. The number of hydrogen-bond acceptors (Lipinski definition) is 8. The van der Waals surface area contributed by atoms with Gasteiger partial charge in [-0.1, -0.05) is 12.1 Å². The van der Waals surface area contributed by atoms with Crippen LogP contribution in [-0.4, -0.2) is 44.0 Å². The number of amides is 1. The Morgan fingerprint density at radius 1 is 1.14 bits per heavy atom. The van der Waals surface area contributed by atoms with Gasteiger partial charge in [-0.05, 0) is 46.2 Å². The van der Waals surface area contributed by atoms with Gasteiger partial charge in [0.1, 0.15) is 5.60 Å². The molecule has 11 heteroatoms. The zero-order chi connectivity index (χ0) is 26.9. The maximum Gasteiger partial charge on any atom is 0.407 e. The minimum absolute atomic E-state index is 0.0826. The Morgan fingerprint density at radius 2 is 1.83 bits per heavy atom. The first-order valence-electron chi connectivity index (χ1n) is 11.4. The van der Waals surface area contributed by atoms with Crippen LogP contribution in [0.3, 0.4) is 0 Å². The molecule has 0 aliphatic heterocycles. The minimum atomic E-state index is -0.753. The van der Waals surface area contributed by atoms with E-state index in [1.807, 2.05) is 0 Å². The van der Waals surface area contributed by atoms with E-state index in [0.29, 0.717) is 13.0 Å². The van der Waals surface area contributed by atoms with Crippen molar-refractivity contribution in [3.8, 4) is 17.2 Å². The average Bonchev–Trinajstić information content (AvgIpc) is 2.81. The molecule has 2 aromatic carbocycles. The maximum absolute atomic E-state index is 14.4. The molecule has 36 heavy (non-hydrogen) atoms. The summed E-state index contributed by atoms with van der Waals surface area (Å²) in [5, 5.41) is 14.4. The second kappa shape index (κ2) is 12.9. The Bertz CT molecular complexity index is 1060. The van der Waals surface area contributed by atoms with Crippen molar-refractivity contribution in [1.82, 2.24) is 5.32 Å². The third-order valence-electron chi connectivity index (χ3n) is 4.95. The summed E-state index contributed by atoms with van der Waals surface area (Å²) < 4.78 is 41.3. The van der Waals surface area contributed by atoms with Crippen molar-refractivity contribution in [2.24, 2.45) is 0 Å². The van der Waals surface area contributed by atoms with Gasteiger partial charge in [0.25, 0.3) is 5.69 Å². The monoisotopic (exact) mass is 508 g/mol. The Morgan fingerprint density at radius 3 is 2.44 bits per heavy atom. The Balaban J connectivity index is 2.07. The molecule has 0 spiro atoms. The number of nitrogens with zero attached hydrogens (tertiary/aromatic N) is 1. The normalized spacial score (nSPS) is 12.0. The van der Waals surface area contributed by atoms with Crippen LogP contribution in [0.15, 0.2) is 30.3 Å². The van der Waals surface area contributed by atoms with Crippen LogP contribution in [0.4, 0.5) is 14.9 Å². The highest BCUT2D eigenvalue weighted by molar-refractivity contribution is 5.67. The highest BCUT2D eigenvalue weighted by Gasteiger charge is 2.25. The topological polar surface area (TPSA) is 118 Å². The molecule has 10 nitrogen and oxygen atoms in total. The zero-order valence-electron chi connectivity index (χ0n) is 21.4. The van der Waals surface area contributed by atoms with Gasteiger partial charge >= 0.3 is 6.09 Å². The lowest BCUT2D eigenvalue weighted by molar-refractivity contribution is -0.386. The quantitative estimate of drug-likeness (QED) is 0.232. The number of rotatable bonds is 12. The molecular weight excluding hydrogens is 475 g/mol. The first-order chi connectivity index (χ1) is 17.0. The van der Waals surface area contributed by atoms with E-state index in [-0.39, 0.29) is 47.3 Å². The summed E-state index contributed by atoms with van der Waals surface area (Å²) in [6.07, 6.45) is -0.858. The molecule has 1 amide bonds. The predicted molar refractivity (Wildman–Crippen MR) is 130 cm³/mol. The second-order valence-corrected chi connectivity index (χ2v) is 8.84. The van der Waals surface area contributed by atoms with Crippen LogP contribution in [0.2, 0.25) is 0 Å². The predicted octanol–water partition coefficient (Wildman–Crippen LogP) is 5.32. The number of alkyl carbamates (subject to hydrolysis) is 1. The summed E-state index contributed by atoms with van der Waals surface area (Å²) in [6.45, 7) is 7.27. The van der Waals surface area contributed by atoms with Gasteiger partial charge in [0.05, 0.1) is 50.1 Å². The van der Waals surface area contributed by atoms with Gasteiger partial charge in [-0.15, -0.1) is 0 Å². The second-order valence-electron chi connectivity index (χ2n) is 8.84. The summed E-state index contributed by atoms with van der Waals surface area (Å²) in [7, 11) is 2.78. The van der Waals surface area contributed by atoms with Crippen molar-refractivity contribution in [2.45, 2.75) is 52.4 Å². The zero-order valence-corrected chi connectivity index (χ0v) is 21.4. The van der Waals surface area contributed by atoms with Gasteiger partial charge in [0, 0.05) is 12.1 Å². The molecule has 0 radical (unpaired) electrons. The fraction of sp³-hybridized carbons (Fsp3) is 0.480. The molecule has 0 aliphatic carbocycles. The van der Waals surface area contributed by atoms with Gasteiger partial charge in [-0.25, -0.2) is 9.18 Å². The molecular formula is C25H33FN2O8. The summed E-state index contributed by atoms with van der Waals surface area (Å²) in [5.74, 6) is -0.0154. The molecule has 1 atom stereocenters. The molecule has 0 aliphatic rings. The largest absolute Gasteiger partial charge is 0.494 e. The molecule has 1 unspecified atom stereocenters. The summed E-state index contributed by atoms with van der Waals surface area (Å²) in [4.78, 5) is 22.9. The lowest BCUT2D eigenvalue weighted by Gasteiger charge is -2.19. The number of benzene rings is 2. The van der Waals surface area contributed by atoms with Crippen molar-refractivity contribution in [3.63, 3.8) is 0 Å². The fourth-order valence-corrected chi connectivity index (χ4v) is 3.21.